The number of benzene rings is 2. The molecule has 1 saturated heterocycles. The molecular weight excluding hydrogens is 603 g/mol. The molecule has 7 rings (SSSR count). The molecule has 0 radical (unpaired) electrons. The number of aromatic nitrogens is 1. The first-order valence-electron chi connectivity index (χ1n) is 13.8. The van der Waals surface area contributed by atoms with E-state index in [1.807, 2.05) is 0 Å². The molecule has 0 spiro atoms. The van der Waals surface area contributed by atoms with E-state index in [-0.39, 0.29) is 17.5 Å². The minimum Gasteiger partial charge on any atom is -0.355 e. The Morgan fingerprint density at radius 2 is 1.55 bits per heavy atom. The fourth-order valence-corrected chi connectivity index (χ4v) is 6.40. The van der Waals surface area contributed by atoms with Gasteiger partial charge in [-0.3, -0.25) is 0 Å². The highest BCUT2D eigenvalue weighted by Crippen LogP contribution is 2.37. The minimum atomic E-state index is 0.0895. The molecule has 2 unspecified atom stereocenters. The van der Waals surface area contributed by atoms with Gasteiger partial charge in [-0.1, -0.05) is 55.8 Å². The van der Waals surface area contributed by atoms with E-state index >= 15 is 0 Å². The first-order valence-corrected chi connectivity index (χ1v) is 14.9. The van der Waals surface area contributed by atoms with Gasteiger partial charge in [0.1, 0.15) is 0 Å². The lowest BCUT2D eigenvalue weighted by molar-refractivity contribution is 0.355. The smallest absolute Gasteiger partial charge is 0.0736 e. The first-order chi connectivity index (χ1) is 19.3. The lowest BCUT2D eigenvalue weighted by Crippen LogP contribution is -2.32. The summed E-state index contributed by atoms with van der Waals surface area (Å²) in [4.78, 5) is 13.9. The molecule has 5 heteroatoms. The number of hydrogen-bond donors (Lipinski definition) is 2. The molecule has 4 aliphatic heterocycles. The first kappa shape index (κ1) is 25.4. The van der Waals surface area contributed by atoms with Crippen molar-refractivity contribution < 1.29 is 0 Å². The number of fused-ring (bicyclic) bond motifs is 6. The number of H-pyrrole nitrogens is 1. The van der Waals surface area contributed by atoms with Gasteiger partial charge in [-0.05, 0) is 113 Å². The normalized spacial score (nSPS) is 27.6. The average Bonchev–Trinajstić information content (AvgIpc) is 3.70. The zero-order chi connectivity index (χ0) is 27.4. The number of aromatic amines is 1. The largest absolute Gasteiger partial charge is 0.355 e. The van der Waals surface area contributed by atoms with Gasteiger partial charge >= 0.3 is 0 Å². The van der Waals surface area contributed by atoms with Crippen molar-refractivity contribution in [2.24, 2.45) is 15.4 Å². The summed E-state index contributed by atoms with van der Waals surface area (Å²) >= 11 is 2.36. The number of hydrogen-bond acceptors (Lipinski definition) is 3. The van der Waals surface area contributed by atoms with Crippen LogP contribution in [-0.4, -0.2) is 28.5 Å². The van der Waals surface area contributed by atoms with E-state index in [9.17, 15) is 0 Å². The molecule has 40 heavy (non-hydrogen) atoms. The van der Waals surface area contributed by atoms with E-state index in [1.54, 1.807) is 0 Å². The monoisotopic (exact) mass is 634 g/mol. The van der Waals surface area contributed by atoms with Crippen molar-refractivity contribution in [3.63, 3.8) is 0 Å². The lowest BCUT2D eigenvalue weighted by atomic mass is 9.83. The van der Waals surface area contributed by atoms with Crippen molar-refractivity contribution >= 4 is 51.2 Å². The van der Waals surface area contributed by atoms with Gasteiger partial charge in [-0.2, -0.15) is 0 Å². The van der Waals surface area contributed by atoms with Crippen LogP contribution in [0.25, 0.3) is 17.2 Å². The van der Waals surface area contributed by atoms with E-state index < -0.39 is 0 Å². The van der Waals surface area contributed by atoms with E-state index in [0.29, 0.717) is 0 Å². The summed E-state index contributed by atoms with van der Waals surface area (Å²) in [6.45, 7) is 6.80. The van der Waals surface area contributed by atoms with Crippen molar-refractivity contribution in [1.82, 2.24) is 10.3 Å². The molecule has 3 aromatic rings. The summed E-state index contributed by atoms with van der Waals surface area (Å²) in [6, 6.07) is 22.1. The highest BCUT2D eigenvalue weighted by atomic mass is 127. The van der Waals surface area contributed by atoms with Crippen molar-refractivity contribution in [2.75, 3.05) is 0 Å². The maximum Gasteiger partial charge on any atom is 0.0736 e. The molecule has 8 bridgehead atoms. The second-order valence-electron chi connectivity index (χ2n) is 11.7. The molecule has 0 aliphatic carbocycles. The fourth-order valence-electron chi connectivity index (χ4n) is 6.04. The third kappa shape index (κ3) is 4.82. The number of rotatable bonds is 2. The van der Waals surface area contributed by atoms with Crippen LogP contribution in [0.4, 0.5) is 0 Å². The van der Waals surface area contributed by atoms with Crippen molar-refractivity contribution in [3.8, 4) is 0 Å². The molecule has 0 saturated carbocycles. The topological polar surface area (TPSA) is 52.5 Å². The van der Waals surface area contributed by atoms with E-state index in [1.165, 1.54) is 14.7 Å². The second kappa shape index (κ2) is 9.82. The number of aryl methyl sites for hydroxylation is 1. The van der Waals surface area contributed by atoms with E-state index in [2.05, 4.69) is 151 Å². The molecular formula is C35H31IN4. The van der Waals surface area contributed by atoms with E-state index in [0.717, 1.165) is 56.6 Å². The van der Waals surface area contributed by atoms with Crippen LogP contribution in [0.2, 0.25) is 0 Å². The Hall–Kier alpha value is -3.55. The van der Waals surface area contributed by atoms with Crippen LogP contribution >= 0.6 is 22.6 Å². The van der Waals surface area contributed by atoms with Gasteiger partial charge in [-0.15, -0.1) is 0 Å². The Morgan fingerprint density at radius 3 is 2.35 bits per heavy atom. The van der Waals surface area contributed by atoms with Gasteiger partial charge in [0.2, 0.25) is 0 Å². The third-order valence-electron chi connectivity index (χ3n) is 8.19. The highest BCUT2D eigenvalue weighted by Gasteiger charge is 2.38. The predicted octanol–water partition coefficient (Wildman–Crippen LogP) is 5.99. The van der Waals surface area contributed by atoms with Crippen LogP contribution in [0.1, 0.15) is 37.0 Å². The van der Waals surface area contributed by atoms with Gasteiger partial charge in [0, 0.05) is 37.5 Å². The molecule has 198 valence electrons. The lowest BCUT2D eigenvalue weighted by Gasteiger charge is -2.23. The van der Waals surface area contributed by atoms with E-state index in [4.69, 9.17) is 9.98 Å². The number of nitrogens with one attached hydrogen (secondary N) is 2. The molecule has 4 nitrogen and oxygen atoms in total. The third-order valence-corrected chi connectivity index (χ3v) is 8.91. The Bertz CT molecular complexity index is 1820. The predicted molar refractivity (Wildman–Crippen MR) is 175 cm³/mol. The van der Waals surface area contributed by atoms with Gasteiger partial charge in [-0.25, -0.2) is 9.98 Å². The van der Waals surface area contributed by atoms with Gasteiger partial charge < -0.3 is 10.3 Å². The highest BCUT2D eigenvalue weighted by molar-refractivity contribution is 14.1. The van der Waals surface area contributed by atoms with Gasteiger partial charge in [0.15, 0.2) is 0 Å². The Morgan fingerprint density at radius 1 is 0.800 bits per heavy atom. The van der Waals surface area contributed by atoms with Gasteiger partial charge in [0.05, 0.1) is 22.8 Å². The second-order valence-corrected chi connectivity index (χ2v) is 13.0. The molecule has 1 aromatic heterocycles. The summed E-state index contributed by atoms with van der Waals surface area (Å²) in [5.41, 5.74) is 9.86. The van der Waals surface area contributed by atoms with Crippen LogP contribution in [-0.2, 0) is 0 Å². The average molecular weight is 635 g/mol. The summed E-state index contributed by atoms with van der Waals surface area (Å²) in [6.07, 6.45) is 14.3. The standard InChI is InChI=1S/C35H31IN4/c1-21-4-6-23(7-5-21)34-30-14-12-25(37-30)18-32-29(22-8-10-24(36)11-9-22)17-27(39-32)16-28-20-35(2,3)33(40-28)19-26-13-15-31(34)38-26/h4-19,28,33,37,40H,20H2,1-3H3/b25-18-,26-19-,27-16-,34-30-. The maximum atomic E-state index is 5.13. The zero-order valence-electron chi connectivity index (χ0n) is 22.9. The maximum absolute atomic E-state index is 5.13. The summed E-state index contributed by atoms with van der Waals surface area (Å²) < 4.78 is 1.22. The number of aliphatic imine (C=N–C) groups is 2. The molecule has 0 amide bonds. The number of halogens is 1. The van der Waals surface area contributed by atoms with Gasteiger partial charge in [0.25, 0.3) is 0 Å². The molecule has 2 aromatic carbocycles. The molecule has 1 fully saturated rings. The fraction of sp³-hybridized carbons (Fsp3) is 0.200. The Labute approximate surface area is 248 Å². The summed E-state index contributed by atoms with van der Waals surface area (Å²) in [7, 11) is 0. The molecule has 4 aliphatic rings. The van der Waals surface area contributed by atoms with Crippen LogP contribution in [0.5, 0.6) is 0 Å². The zero-order valence-corrected chi connectivity index (χ0v) is 25.0. The molecule has 2 atom stereocenters. The van der Waals surface area contributed by atoms with Crippen molar-refractivity contribution in [1.29, 1.82) is 0 Å². The van der Waals surface area contributed by atoms with Crippen LogP contribution in [0.15, 0.2) is 112 Å². The Balaban J connectivity index is 1.45. The number of nitrogens with zero attached hydrogens (tertiary/aromatic N) is 2. The minimum absolute atomic E-state index is 0.0895. The SMILES string of the molecule is Cc1ccc(/C2=c3\cc/c([nH]3)=C/C3=NC(=C\C4CC(C)(C)C(/C=C5/C=CC2=N5)N4)/C=C3c2ccc(I)cc2)cc1. The van der Waals surface area contributed by atoms with Crippen LogP contribution in [0, 0.1) is 15.9 Å². The van der Waals surface area contributed by atoms with Crippen molar-refractivity contribution in [3.05, 3.63) is 133 Å². The Kier molecular flexibility index (Phi) is 6.24. The summed E-state index contributed by atoms with van der Waals surface area (Å²) in [5.74, 6) is 0. The quantitative estimate of drug-likeness (QED) is 0.335. The number of allylic oxidation sites excluding steroid dienone is 4. The van der Waals surface area contributed by atoms with Crippen molar-refractivity contribution in [2.45, 2.75) is 39.3 Å². The summed E-state index contributed by atoms with van der Waals surface area (Å²) in [5, 5.41) is 5.92. The molecule has 2 N–H and O–H groups in total. The van der Waals surface area contributed by atoms with Crippen LogP contribution in [0.3, 0.4) is 0 Å². The molecule has 5 heterocycles. The van der Waals surface area contributed by atoms with Crippen LogP contribution < -0.4 is 16.0 Å².